The first kappa shape index (κ1) is 19.3. The van der Waals surface area contributed by atoms with E-state index in [4.69, 9.17) is 20.8 Å². The van der Waals surface area contributed by atoms with Crippen LogP contribution >= 0.6 is 11.6 Å². The van der Waals surface area contributed by atoms with Crippen LogP contribution in [-0.2, 0) is 9.53 Å². The third-order valence-corrected chi connectivity index (χ3v) is 4.24. The van der Waals surface area contributed by atoms with E-state index in [0.29, 0.717) is 10.7 Å². The molecule has 0 saturated heterocycles. The van der Waals surface area contributed by atoms with E-state index in [9.17, 15) is 14.9 Å². The van der Waals surface area contributed by atoms with Crippen LogP contribution in [0.4, 0.5) is 5.69 Å². The van der Waals surface area contributed by atoms with Crippen molar-refractivity contribution in [2.75, 3.05) is 5.32 Å². The van der Waals surface area contributed by atoms with Gasteiger partial charge in [0.25, 0.3) is 5.91 Å². The molecule has 0 saturated carbocycles. The Labute approximate surface area is 166 Å². The number of carbonyl (C=O) groups excluding carboxylic acids is 2. The summed E-state index contributed by atoms with van der Waals surface area (Å²) in [6.07, 6.45) is 2.30. The molecule has 28 heavy (non-hydrogen) atoms. The second-order valence-electron chi connectivity index (χ2n) is 5.96. The molecule has 1 N–H and O–H groups in total. The Balaban J connectivity index is 1.76. The third kappa shape index (κ3) is 3.92. The molecule has 0 aliphatic carbocycles. The number of halogens is 1. The van der Waals surface area contributed by atoms with Crippen molar-refractivity contribution in [1.29, 1.82) is 5.26 Å². The Kier molecular flexibility index (Phi) is 5.52. The van der Waals surface area contributed by atoms with E-state index in [0.717, 1.165) is 0 Å². The number of amides is 1. The summed E-state index contributed by atoms with van der Waals surface area (Å²) >= 11 is 5.81. The van der Waals surface area contributed by atoms with Crippen molar-refractivity contribution in [1.82, 2.24) is 4.57 Å². The minimum absolute atomic E-state index is 0.00246. The second kappa shape index (κ2) is 8.03. The van der Waals surface area contributed by atoms with Gasteiger partial charge in [-0.25, -0.2) is 4.79 Å². The van der Waals surface area contributed by atoms with Gasteiger partial charge in [0.05, 0.1) is 0 Å². The quantitative estimate of drug-likeness (QED) is 0.654. The van der Waals surface area contributed by atoms with E-state index in [-0.39, 0.29) is 22.8 Å². The minimum Gasteiger partial charge on any atom is -0.449 e. The zero-order chi connectivity index (χ0) is 20.3. The first-order chi connectivity index (χ1) is 13.4. The normalized spacial score (nSPS) is 11.5. The van der Waals surface area contributed by atoms with Gasteiger partial charge in [0, 0.05) is 23.1 Å². The maximum atomic E-state index is 12.6. The number of rotatable bonds is 5. The molecule has 1 atom stereocenters. The number of anilines is 1. The molecule has 0 spiro atoms. The largest absolute Gasteiger partial charge is 0.449 e. The number of hydrogen-bond donors (Lipinski definition) is 1. The Bertz CT molecular complexity index is 1050. The van der Waals surface area contributed by atoms with Crippen molar-refractivity contribution < 1.29 is 18.7 Å². The molecule has 2 heterocycles. The number of aromatic nitrogens is 1. The summed E-state index contributed by atoms with van der Waals surface area (Å²) in [6.45, 7) is 3.00. The van der Waals surface area contributed by atoms with Gasteiger partial charge in [-0.3, -0.25) is 9.36 Å². The minimum atomic E-state index is -1.08. The summed E-state index contributed by atoms with van der Waals surface area (Å²) in [4.78, 5) is 24.9. The molecule has 0 fully saturated rings. The zero-order valence-electron chi connectivity index (χ0n) is 15.1. The number of esters is 1. The smallest absolute Gasteiger partial charge is 0.343 e. The van der Waals surface area contributed by atoms with Gasteiger partial charge < -0.3 is 14.5 Å². The summed E-state index contributed by atoms with van der Waals surface area (Å²) < 4.78 is 12.4. The molecule has 1 aromatic carbocycles. The van der Waals surface area contributed by atoms with Crippen LogP contribution in [0.25, 0.3) is 5.88 Å². The first-order valence-corrected chi connectivity index (χ1v) is 8.72. The van der Waals surface area contributed by atoms with Crippen LogP contribution in [0.2, 0.25) is 5.02 Å². The van der Waals surface area contributed by atoms with Gasteiger partial charge in [-0.2, -0.15) is 5.26 Å². The molecule has 142 valence electrons. The van der Waals surface area contributed by atoms with Gasteiger partial charge in [-0.15, -0.1) is 0 Å². The number of benzene rings is 1. The number of ether oxygens (including phenoxy) is 1. The number of hydrogen-bond acceptors (Lipinski definition) is 5. The standard InChI is InChI=1S/C20H16ClN3O4/c1-12-17(16(11-22)19(27-12)24-9-3-4-10-24)20(26)28-13(2)18(25)23-15-7-5-14(21)6-8-15/h3-10,13H,1-2H3,(H,23,25)/t13-/m1/s1. The Hall–Kier alpha value is -3.50. The Morgan fingerprint density at radius 3 is 2.50 bits per heavy atom. The van der Waals surface area contributed by atoms with Gasteiger partial charge in [0.2, 0.25) is 5.88 Å². The van der Waals surface area contributed by atoms with E-state index >= 15 is 0 Å². The van der Waals surface area contributed by atoms with Gasteiger partial charge in [0.1, 0.15) is 23.0 Å². The van der Waals surface area contributed by atoms with Gasteiger partial charge in [-0.1, -0.05) is 11.6 Å². The number of nitrogens with one attached hydrogen (secondary N) is 1. The fourth-order valence-electron chi connectivity index (χ4n) is 2.58. The topological polar surface area (TPSA) is 97.3 Å². The monoisotopic (exact) mass is 397 g/mol. The predicted molar refractivity (Wildman–Crippen MR) is 102 cm³/mol. The van der Waals surface area contributed by atoms with Crippen molar-refractivity contribution in [3.63, 3.8) is 0 Å². The fourth-order valence-corrected chi connectivity index (χ4v) is 2.71. The molecule has 1 amide bonds. The van der Waals surface area contributed by atoms with Crippen LogP contribution in [0, 0.1) is 18.3 Å². The zero-order valence-corrected chi connectivity index (χ0v) is 15.9. The van der Waals surface area contributed by atoms with Crippen LogP contribution < -0.4 is 5.32 Å². The number of aryl methyl sites for hydroxylation is 1. The average molecular weight is 398 g/mol. The van der Waals surface area contributed by atoms with Crippen LogP contribution in [0.15, 0.2) is 53.2 Å². The summed E-state index contributed by atoms with van der Waals surface area (Å²) in [5.41, 5.74) is 0.561. The van der Waals surface area contributed by atoms with Crippen LogP contribution in [0.3, 0.4) is 0 Å². The van der Waals surface area contributed by atoms with Crippen LogP contribution in [0.1, 0.15) is 28.6 Å². The van der Waals surface area contributed by atoms with E-state index in [1.807, 2.05) is 6.07 Å². The van der Waals surface area contributed by atoms with Gasteiger partial charge in [0.15, 0.2) is 6.10 Å². The molecule has 7 nitrogen and oxygen atoms in total. The number of nitrogens with zero attached hydrogens (tertiary/aromatic N) is 2. The molecule has 0 radical (unpaired) electrons. The molecule has 2 aromatic heterocycles. The fraction of sp³-hybridized carbons (Fsp3) is 0.150. The summed E-state index contributed by atoms with van der Waals surface area (Å²) in [5, 5.41) is 12.7. The maximum absolute atomic E-state index is 12.6. The van der Waals surface area contributed by atoms with Crippen molar-refractivity contribution in [2.45, 2.75) is 20.0 Å². The highest BCUT2D eigenvalue weighted by molar-refractivity contribution is 6.30. The lowest BCUT2D eigenvalue weighted by Gasteiger charge is -2.13. The van der Waals surface area contributed by atoms with Crippen molar-refractivity contribution in [3.05, 3.63) is 70.7 Å². The SMILES string of the molecule is Cc1oc(-n2cccc2)c(C#N)c1C(=O)O[C@H](C)C(=O)Nc1ccc(Cl)cc1. The van der Waals surface area contributed by atoms with Crippen molar-refractivity contribution >= 4 is 29.2 Å². The van der Waals surface area contributed by atoms with Crippen LogP contribution in [-0.4, -0.2) is 22.5 Å². The molecule has 0 aliphatic rings. The molecule has 0 aliphatic heterocycles. The number of nitriles is 1. The lowest BCUT2D eigenvalue weighted by Crippen LogP contribution is -2.30. The molecule has 8 heteroatoms. The summed E-state index contributed by atoms with van der Waals surface area (Å²) in [7, 11) is 0. The summed E-state index contributed by atoms with van der Waals surface area (Å²) in [5.74, 6) is -0.873. The highest BCUT2D eigenvalue weighted by Gasteiger charge is 2.28. The highest BCUT2D eigenvalue weighted by atomic mass is 35.5. The Morgan fingerprint density at radius 2 is 1.89 bits per heavy atom. The van der Waals surface area contributed by atoms with E-state index in [1.165, 1.54) is 6.92 Å². The molecule has 0 bridgehead atoms. The lowest BCUT2D eigenvalue weighted by atomic mass is 10.1. The van der Waals surface area contributed by atoms with Crippen molar-refractivity contribution in [2.24, 2.45) is 0 Å². The third-order valence-electron chi connectivity index (χ3n) is 3.99. The maximum Gasteiger partial charge on any atom is 0.343 e. The number of furan rings is 1. The number of carbonyl (C=O) groups is 2. The highest BCUT2D eigenvalue weighted by Crippen LogP contribution is 2.26. The predicted octanol–water partition coefficient (Wildman–Crippen LogP) is 4.09. The lowest BCUT2D eigenvalue weighted by molar-refractivity contribution is -0.123. The summed E-state index contributed by atoms with van der Waals surface area (Å²) in [6, 6.07) is 12.0. The second-order valence-corrected chi connectivity index (χ2v) is 6.40. The van der Waals surface area contributed by atoms with Crippen LogP contribution in [0.5, 0.6) is 0 Å². The molecule has 3 aromatic rings. The first-order valence-electron chi connectivity index (χ1n) is 8.35. The van der Waals surface area contributed by atoms with Gasteiger partial charge in [-0.05, 0) is 50.2 Å². The van der Waals surface area contributed by atoms with E-state index in [2.05, 4.69) is 5.32 Å². The molecular formula is C20H16ClN3O4. The Morgan fingerprint density at radius 1 is 1.25 bits per heavy atom. The van der Waals surface area contributed by atoms with Crippen molar-refractivity contribution in [3.8, 4) is 12.0 Å². The van der Waals surface area contributed by atoms with Gasteiger partial charge >= 0.3 is 5.97 Å². The van der Waals surface area contributed by atoms with E-state index in [1.54, 1.807) is 60.3 Å². The molecular weight excluding hydrogens is 382 g/mol. The molecule has 3 rings (SSSR count). The molecule has 0 unspecified atom stereocenters. The van der Waals surface area contributed by atoms with E-state index < -0.39 is 18.0 Å². The average Bonchev–Trinajstić information content (AvgIpc) is 3.30.